The van der Waals surface area contributed by atoms with Crippen molar-refractivity contribution in [3.05, 3.63) is 11.7 Å². The van der Waals surface area contributed by atoms with Gasteiger partial charge in [0.05, 0.1) is 12.0 Å². The van der Waals surface area contributed by atoms with Gasteiger partial charge in [-0.15, -0.1) is 0 Å². The minimum Gasteiger partial charge on any atom is -0.460 e. The first-order valence-corrected chi connectivity index (χ1v) is 8.55. The molecular formula is C17H29N3O3. The van der Waals surface area contributed by atoms with Crippen LogP contribution in [0.25, 0.3) is 0 Å². The smallest absolute Gasteiger partial charge is 0.306 e. The van der Waals surface area contributed by atoms with E-state index < -0.39 is 11.1 Å². The molecule has 0 aromatic carbocycles. The summed E-state index contributed by atoms with van der Waals surface area (Å²) in [7, 11) is 0. The second-order valence-electron chi connectivity index (χ2n) is 7.61. The summed E-state index contributed by atoms with van der Waals surface area (Å²) < 4.78 is 10.5. The Balaban J connectivity index is 1.89. The second-order valence-corrected chi connectivity index (χ2v) is 7.61. The van der Waals surface area contributed by atoms with E-state index in [1.807, 2.05) is 20.8 Å². The number of aromatic nitrogens is 2. The zero-order valence-electron chi connectivity index (χ0n) is 14.7. The number of carbonyl (C=O) groups excluding carboxylic acids is 1. The largest absolute Gasteiger partial charge is 0.460 e. The van der Waals surface area contributed by atoms with Crippen molar-refractivity contribution in [1.82, 2.24) is 10.1 Å². The van der Waals surface area contributed by atoms with Crippen molar-refractivity contribution in [2.24, 2.45) is 11.7 Å². The predicted molar refractivity (Wildman–Crippen MR) is 86.6 cm³/mol. The Morgan fingerprint density at radius 3 is 2.61 bits per heavy atom. The number of hydrogen-bond donors (Lipinski definition) is 1. The lowest BCUT2D eigenvalue weighted by Gasteiger charge is -2.34. The maximum atomic E-state index is 11.7. The van der Waals surface area contributed by atoms with Crippen molar-refractivity contribution in [2.45, 2.75) is 83.8 Å². The molecule has 130 valence electrons. The molecule has 6 nitrogen and oxygen atoms in total. The van der Waals surface area contributed by atoms with E-state index in [4.69, 9.17) is 15.0 Å². The van der Waals surface area contributed by atoms with Gasteiger partial charge in [-0.25, -0.2) is 0 Å². The average Bonchev–Trinajstić information content (AvgIpc) is 2.94. The fourth-order valence-electron chi connectivity index (χ4n) is 2.98. The minimum absolute atomic E-state index is 0.231. The van der Waals surface area contributed by atoms with Crippen molar-refractivity contribution >= 4 is 5.97 Å². The van der Waals surface area contributed by atoms with E-state index in [0.717, 1.165) is 31.6 Å². The van der Waals surface area contributed by atoms with Crippen molar-refractivity contribution < 1.29 is 14.1 Å². The molecule has 23 heavy (non-hydrogen) atoms. The monoisotopic (exact) mass is 323 g/mol. The molecule has 0 bridgehead atoms. The van der Waals surface area contributed by atoms with Gasteiger partial charge >= 0.3 is 5.97 Å². The summed E-state index contributed by atoms with van der Waals surface area (Å²) >= 11 is 0. The number of nitrogens with two attached hydrogens (primary N) is 1. The van der Waals surface area contributed by atoms with E-state index in [9.17, 15) is 4.79 Å². The van der Waals surface area contributed by atoms with E-state index in [1.165, 1.54) is 6.42 Å². The molecule has 0 spiro atoms. The summed E-state index contributed by atoms with van der Waals surface area (Å²) in [4.78, 5) is 16.2. The third kappa shape index (κ3) is 5.03. The lowest BCUT2D eigenvalue weighted by molar-refractivity contribution is -0.154. The normalized spacial score (nSPS) is 25.3. The zero-order valence-corrected chi connectivity index (χ0v) is 14.7. The molecular weight excluding hydrogens is 294 g/mol. The van der Waals surface area contributed by atoms with Gasteiger partial charge in [-0.3, -0.25) is 4.79 Å². The van der Waals surface area contributed by atoms with Gasteiger partial charge in [0.1, 0.15) is 5.60 Å². The Morgan fingerprint density at radius 1 is 1.39 bits per heavy atom. The molecule has 0 amide bonds. The molecule has 0 radical (unpaired) electrons. The minimum atomic E-state index is -0.487. The van der Waals surface area contributed by atoms with Crippen LogP contribution >= 0.6 is 0 Å². The molecule has 1 fully saturated rings. The van der Waals surface area contributed by atoms with Crippen LogP contribution in [0.3, 0.4) is 0 Å². The molecule has 1 aliphatic rings. The Labute approximate surface area is 138 Å². The van der Waals surface area contributed by atoms with Crippen LogP contribution in [0.4, 0.5) is 0 Å². The topological polar surface area (TPSA) is 91.2 Å². The van der Waals surface area contributed by atoms with Gasteiger partial charge in [0.15, 0.2) is 5.82 Å². The Kier molecular flexibility index (Phi) is 5.45. The van der Waals surface area contributed by atoms with Crippen molar-refractivity contribution in [3.63, 3.8) is 0 Å². The third-order valence-corrected chi connectivity index (χ3v) is 4.45. The number of rotatable bonds is 5. The third-order valence-electron chi connectivity index (χ3n) is 4.45. The van der Waals surface area contributed by atoms with Crippen molar-refractivity contribution in [1.29, 1.82) is 0 Å². The summed E-state index contributed by atoms with van der Waals surface area (Å²) in [6, 6.07) is 0. The van der Waals surface area contributed by atoms with Gasteiger partial charge in [0, 0.05) is 6.42 Å². The summed E-state index contributed by atoms with van der Waals surface area (Å²) in [5, 5.41) is 4.05. The standard InChI is InChI=1S/C17H29N3O3/c1-5-12-8-10-17(18,11-9-12)15-19-13(23-20-15)6-7-14(21)22-16(2,3)4/h12H,5-11,18H2,1-4H3. The number of nitrogens with zero attached hydrogens (tertiary/aromatic N) is 2. The maximum Gasteiger partial charge on any atom is 0.306 e. The van der Waals surface area contributed by atoms with Crippen molar-refractivity contribution in [2.75, 3.05) is 0 Å². The second kappa shape index (κ2) is 6.99. The highest BCUT2D eigenvalue weighted by Gasteiger charge is 2.36. The lowest BCUT2D eigenvalue weighted by atomic mass is 9.76. The van der Waals surface area contributed by atoms with E-state index in [-0.39, 0.29) is 12.4 Å². The van der Waals surface area contributed by atoms with Crippen LogP contribution in [0.1, 0.15) is 77.9 Å². The first kappa shape index (κ1) is 17.9. The summed E-state index contributed by atoms with van der Waals surface area (Å²) in [5.41, 5.74) is 5.51. The average molecular weight is 323 g/mol. The van der Waals surface area contributed by atoms with Gasteiger partial charge in [0.25, 0.3) is 0 Å². The molecule has 2 N–H and O–H groups in total. The number of ether oxygens (including phenoxy) is 1. The first-order valence-electron chi connectivity index (χ1n) is 8.55. The highest BCUT2D eigenvalue weighted by atomic mass is 16.6. The highest BCUT2D eigenvalue weighted by molar-refractivity contribution is 5.70. The van der Waals surface area contributed by atoms with Gasteiger partial charge < -0.3 is 15.0 Å². The SMILES string of the molecule is CCC1CCC(N)(c2noc(CCC(=O)OC(C)(C)C)n2)CC1. The molecule has 0 aliphatic heterocycles. The van der Waals surface area contributed by atoms with Gasteiger partial charge in [-0.2, -0.15) is 4.98 Å². The van der Waals surface area contributed by atoms with Crippen LogP contribution in [0.5, 0.6) is 0 Å². The van der Waals surface area contributed by atoms with Crippen LogP contribution in [-0.4, -0.2) is 21.7 Å². The van der Waals surface area contributed by atoms with E-state index in [2.05, 4.69) is 17.1 Å². The summed E-state index contributed by atoms with van der Waals surface area (Å²) in [5.74, 6) is 1.52. The zero-order chi connectivity index (χ0) is 17.1. The molecule has 2 rings (SSSR count). The number of carbonyl (C=O) groups is 1. The summed E-state index contributed by atoms with van der Waals surface area (Å²) in [6.45, 7) is 7.76. The molecule has 0 unspecified atom stereocenters. The van der Waals surface area contributed by atoms with Crippen LogP contribution in [0.2, 0.25) is 0 Å². The molecule has 1 aromatic rings. The van der Waals surface area contributed by atoms with E-state index in [1.54, 1.807) is 0 Å². The van der Waals surface area contributed by atoms with Crippen molar-refractivity contribution in [3.8, 4) is 0 Å². The fraction of sp³-hybridized carbons (Fsp3) is 0.824. The lowest BCUT2D eigenvalue weighted by Crippen LogP contribution is -2.41. The number of hydrogen-bond acceptors (Lipinski definition) is 6. The number of esters is 1. The predicted octanol–water partition coefficient (Wildman–Crippen LogP) is 3.10. The van der Waals surface area contributed by atoms with Gasteiger partial charge in [-0.05, 0) is 52.4 Å². The van der Waals surface area contributed by atoms with Crippen LogP contribution < -0.4 is 5.73 Å². The first-order chi connectivity index (χ1) is 10.7. The number of aryl methyl sites for hydroxylation is 1. The fourth-order valence-corrected chi connectivity index (χ4v) is 2.98. The molecule has 1 aliphatic carbocycles. The van der Waals surface area contributed by atoms with Gasteiger partial charge in [0.2, 0.25) is 5.89 Å². The Bertz CT molecular complexity index is 525. The van der Waals surface area contributed by atoms with Crippen LogP contribution in [0, 0.1) is 5.92 Å². The maximum absolute atomic E-state index is 11.7. The Morgan fingerprint density at radius 2 is 2.04 bits per heavy atom. The highest BCUT2D eigenvalue weighted by Crippen LogP contribution is 2.37. The van der Waals surface area contributed by atoms with Crippen LogP contribution in [0.15, 0.2) is 4.52 Å². The molecule has 1 aromatic heterocycles. The summed E-state index contributed by atoms with van der Waals surface area (Å²) in [6.07, 6.45) is 5.80. The molecule has 0 atom stereocenters. The van der Waals surface area contributed by atoms with E-state index >= 15 is 0 Å². The molecule has 1 saturated carbocycles. The Hall–Kier alpha value is -1.43. The molecule has 6 heteroatoms. The molecule has 0 saturated heterocycles. The van der Waals surface area contributed by atoms with E-state index in [0.29, 0.717) is 18.1 Å². The quantitative estimate of drug-likeness (QED) is 0.837. The van der Waals surface area contributed by atoms with Gasteiger partial charge in [-0.1, -0.05) is 18.5 Å². The molecule has 1 heterocycles. The van der Waals surface area contributed by atoms with Crippen LogP contribution in [-0.2, 0) is 21.5 Å².